The molecule has 1 aliphatic heterocycles. The van der Waals surface area contributed by atoms with Crippen molar-refractivity contribution in [3.05, 3.63) is 87.0 Å². The van der Waals surface area contributed by atoms with E-state index in [0.717, 1.165) is 50.4 Å². The van der Waals surface area contributed by atoms with Gasteiger partial charge in [0.25, 0.3) is 11.5 Å². The molecule has 4 aromatic rings. The van der Waals surface area contributed by atoms with Crippen LogP contribution >= 0.6 is 0 Å². The van der Waals surface area contributed by atoms with Gasteiger partial charge < -0.3 is 14.6 Å². The first-order valence-corrected chi connectivity index (χ1v) is 12.9. The zero-order chi connectivity index (χ0) is 26.6. The molecular formula is C28H31FN6O3. The van der Waals surface area contributed by atoms with Gasteiger partial charge in [0.1, 0.15) is 22.6 Å². The van der Waals surface area contributed by atoms with E-state index in [1.807, 2.05) is 13.0 Å². The Morgan fingerprint density at radius 1 is 1.13 bits per heavy atom. The lowest BCUT2D eigenvalue weighted by atomic mass is 10.1. The van der Waals surface area contributed by atoms with Gasteiger partial charge >= 0.3 is 0 Å². The summed E-state index contributed by atoms with van der Waals surface area (Å²) in [6, 6.07) is 11.3. The normalized spacial score (nSPS) is 14.3. The van der Waals surface area contributed by atoms with Crippen LogP contribution in [0.1, 0.15) is 27.9 Å². The summed E-state index contributed by atoms with van der Waals surface area (Å²) in [5.74, 6) is -0.722. The molecule has 38 heavy (non-hydrogen) atoms. The van der Waals surface area contributed by atoms with Gasteiger partial charge in [-0.3, -0.25) is 24.3 Å². The van der Waals surface area contributed by atoms with Gasteiger partial charge in [-0.05, 0) is 61.7 Å². The van der Waals surface area contributed by atoms with Crippen molar-refractivity contribution in [2.45, 2.75) is 26.3 Å². The Bertz CT molecular complexity index is 1590. The number of ether oxygens (including phenoxy) is 1. The molecule has 0 aliphatic carbocycles. The second-order valence-corrected chi connectivity index (χ2v) is 9.54. The van der Waals surface area contributed by atoms with Gasteiger partial charge in [-0.25, -0.2) is 9.37 Å². The minimum Gasteiger partial charge on any atom is -0.379 e. The predicted octanol–water partition coefficient (Wildman–Crippen LogP) is 2.27. The Balaban J connectivity index is 1.48. The van der Waals surface area contributed by atoms with E-state index in [0.29, 0.717) is 30.8 Å². The highest BCUT2D eigenvalue weighted by Crippen LogP contribution is 2.14. The van der Waals surface area contributed by atoms with E-state index >= 15 is 0 Å². The number of benzene rings is 1. The third-order valence-corrected chi connectivity index (χ3v) is 6.96. The van der Waals surface area contributed by atoms with Crippen molar-refractivity contribution in [2.75, 3.05) is 39.4 Å². The number of carbonyl (C=O) groups is 1. The highest BCUT2D eigenvalue weighted by molar-refractivity contribution is 5.96. The quantitative estimate of drug-likeness (QED) is 0.275. The van der Waals surface area contributed by atoms with Gasteiger partial charge in [-0.15, -0.1) is 0 Å². The summed E-state index contributed by atoms with van der Waals surface area (Å²) in [7, 11) is 0. The zero-order valence-electron chi connectivity index (χ0n) is 21.4. The second-order valence-electron chi connectivity index (χ2n) is 9.54. The maximum Gasteiger partial charge on any atom is 0.267 e. The lowest BCUT2D eigenvalue weighted by Crippen LogP contribution is -2.39. The molecule has 1 saturated heterocycles. The molecule has 1 aromatic carbocycles. The van der Waals surface area contributed by atoms with Crippen molar-refractivity contribution in [1.29, 1.82) is 5.41 Å². The van der Waals surface area contributed by atoms with Crippen LogP contribution in [0.3, 0.4) is 0 Å². The van der Waals surface area contributed by atoms with Gasteiger partial charge in [0.2, 0.25) is 0 Å². The first-order valence-electron chi connectivity index (χ1n) is 12.9. The van der Waals surface area contributed by atoms with Gasteiger partial charge in [0, 0.05) is 32.4 Å². The van der Waals surface area contributed by atoms with Crippen molar-refractivity contribution in [3.63, 3.8) is 0 Å². The molecule has 0 atom stereocenters. The van der Waals surface area contributed by atoms with Crippen molar-refractivity contribution >= 4 is 22.6 Å². The molecule has 1 aliphatic rings. The van der Waals surface area contributed by atoms with Crippen molar-refractivity contribution in [2.24, 2.45) is 0 Å². The van der Waals surface area contributed by atoms with Gasteiger partial charge in [0.15, 0.2) is 0 Å². The van der Waals surface area contributed by atoms with E-state index in [9.17, 15) is 14.0 Å². The standard InChI is InChI=1S/C28H31FN6O3/c1-19-4-2-12-35-25(19)32-26-23(28(35)37)18-22(27(36)31-10-3-11-33-14-16-38-17-15-33)24(30)34(26)13-9-20-5-7-21(29)8-6-20/h2,4-8,12,18,30H,3,9-11,13-17H2,1H3,(H,31,36). The fourth-order valence-corrected chi connectivity index (χ4v) is 4.80. The average molecular weight is 519 g/mol. The number of pyridine rings is 2. The van der Waals surface area contributed by atoms with Crippen molar-refractivity contribution in [1.82, 2.24) is 24.2 Å². The summed E-state index contributed by atoms with van der Waals surface area (Å²) < 4.78 is 21.8. The Morgan fingerprint density at radius 3 is 2.66 bits per heavy atom. The zero-order valence-corrected chi connectivity index (χ0v) is 21.4. The van der Waals surface area contributed by atoms with Crippen LogP contribution in [0.2, 0.25) is 0 Å². The number of nitrogens with one attached hydrogen (secondary N) is 2. The molecule has 4 heterocycles. The molecule has 1 amide bonds. The number of aromatic nitrogens is 3. The van der Waals surface area contributed by atoms with Crippen LogP contribution in [0.4, 0.5) is 4.39 Å². The molecule has 2 N–H and O–H groups in total. The summed E-state index contributed by atoms with van der Waals surface area (Å²) in [4.78, 5) is 33.7. The maximum atomic E-state index is 13.5. The fourth-order valence-electron chi connectivity index (χ4n) is 4.80. The van der Waals surface area contributed by atoms with Crippen LogP contribution in [-0.2, 0) is 17.7 Å². The number of fused-ring (bicyclic) bond motifs is 2. The lowest BCUT2D eigenvalue weighted by Gasteiger charge is -2.26. The summed E-state index contributed by atoms with van der Waals surface area (Å²) in [5, 5.41) is 12.1. The second kappa shape index (κ2) is 11.2. The Labute approximate surface area is 219 Å². The molecule has 0 saturated carbocycles. The predicted molar refractivity (Wildman–Crippen MR) is 142 cm³/mol. The monoisotopic (exact) mass is 518 g/mol. The minimum absolute atomic E-state index is 0.0184. The first kappa shape index (κ1) is 25.7. The van der Waals surface area contributed by atoms with Crippen LogP contribution in [0.5, 0.6) is 0 Å². The number of nitrogens with zero attached hydrogens (tertiary/aromatic N) is 4. The number of hydrogen-bond donors (Lipinski definition) is 2. The topological polar surface area (TPSA) is 105 Å². The van der Waals surface area contributed by atoms with E-state index in [1.54, 1.807) is 29.0 Å². The van der Waals surface area contributed by atoms with Crippen molar-refractivity contribution in [3.8, 4) is 0 Å². The highest BCUT2D eigenvalue weighted by atomic mass is 19.1. The molecule has 10 heteroatoms. The molecule has 5 rings (SSSR count). The molecule has 0 unspecified atom stereocenters. The first-order chi connectivity index (χ1) is 18.4. The molecule has 0 spiro atoms. The number of hydrogen-bond acceptors (Lipinski definition) is 6. The Morgan fingerprint density at radius 2 is 1.89 bits per heavy atom. The van der Waals surface area contributed by atoms with Crippen LogP contribution in [-0.4, -0.2) is 64.2 Å². The number of amides is 1. The van der Waals surface area contributed by atoms with Gasteiger partial charge in [-0.2, -0.15) is 0 Å². The molecule has 3 aromatic heterocycles. The van der Waals surface area contributed by atoms with Crippen LogP contribution < -0.4 is 16.4 Å². The van der Waals surface area contributed by atoms with Crippen LogP contribution in [0.25, 0.3) is 16.7 Å². The summed E-state index contributed by atoms with van der Waals surface area (Å²) >= 11 is 0. The fraction of sp³-hybridized carbons (Fsp3) is 0.357. The lowest BCUT2D eigenvalue weighted by molar-refractivity contribution is 0.0374. The van der Waals surface area contributed by atoms with E-state index in [-0.39, 0.29) is 27.8 Å². The molecule has 0 bridgehead atoms. The van der Waals surface area contributed by atoms with Crippen molar-refractivity contribution < 1.29 is 13.9 Å². The minimum atomic E-state index is -0.400. The largest absolute Gasteiger partial charge is 0.379 e. The molecule has 198 valence electrons. The number of rotatable bonds is 8. The SMILES string of the molecule is Cc1cccn2c(=O)c3cc(C(=O)NCCCN4CCOCC4)c(=N)n(CCc4ccc(F)cc4)c3nc12. The van der Waals surface area contributed by atoms with E-state index in [4.69, 9.17) is 15.1 Å². The third kappa shape index (κ3) is 5.36. The molecule has 9 nitrogen and oxygen atoms in total. The number of morpholine rings is 1. The Hall–Kier alpha value is -3.89. The third-order valence-electron chi connectivity index (χ3n) is 6.96. The average Bonchev–Trinajstić information content (AvgIpc) is 2.92. The number of aryl methyl sites for hydroxylation is 3. The van der Waals surface area contributed by atoms with E-state index in [2.05, 4.69) is 10.2 Å². The molecule has 0 radical (unpaired) electrons. The smallest absolute Gasteiger partial charge is 0.267 e. The van der Waals surface area contributed by atoms with Gasteiger partial charge in [0.05, 0.1) is 24.2 Å². The highest BCUT2D eigenvalue weighted by Gasteiger charge is 2.18. The van der Waals surface area contributed by atoms with E-state index in [1.165, 1.54) is 22.6 Å². The Kier molecular flexibility index (Phi) is 7.62. The van der Waals surface area contributed by atoms with Gasteiger partial charge in [-0.1, -0.05) is 18.2 Å². The molecular weight excluding hydrogens is 487 g/mol. The van der Waals surface area contributed by atoms with Crippen LogP contribution in [0.15, 0.2) is 53.5 Å². The number of halogens is 1. The van der Waals surface area contributed by atoms with E-state index < -0.39 is 5.91 Å². The summed E-state index contributed by atoms with van der Waals surface area (Å²) in [6.07, 6.45) is 2.90. The summed E-state index contributed by atoms with van der Waals surface area (Å²) in [5.41, 5.74) is 2.35. The number of carbonyl (C=O) groups excluding carboxylic acids is 1. The summed E-state index contributed by atoms with van der Waals surface area (Å²) in [6.45, 7) is 6.69. The maximum absolute atomic E-state index is 13.5. The molecule has 1 fully saturated rings. The van der Waals surface area contributed by atoms with Crippen LogP contribution in [0, 0.1) is 18.2 Å².